The van der Waals surface area contributed by atoms with E-state index < -0.39 is 0 Å². The van der Waals surface area contributed by atoms with Crippen molar-refractivity contribution in [1.82, 2.24) is 20.4 Å². The molecule has 170 valence electrons. The molecule has 0 bridgehead atoms. The van der Waals surface area contributed by atoms with Crippen LogP contribution >= 0.6 is 11.3 Å². The molecule has 0 aromatic carbocycles. The smallest absolute Gasteiger partial charge is 0.170 e. The molecule has 1 atom stereocenters. The third-order valence-corrected chi connectivity index (χ3v) is 7.63. The van der Waals surface area contributed by atoms with Crippen LogP contribution in [0, 0.1) is 0 Å². The Bertz CT molecular complexity index is 1150. The highest BCUT2D eigenvalue weighted by atomic mass is 32.1. The van der Waals surface area contributed by atoms with Gasteiger partial charge in [0.25, 0.3) is 0 Å². The van der Waals surface area contributed by atoms with Gasteiger partial charge in [-0.3, -0.25) is 0 Å². The van der Waals surface area contributed by atoms with Gasteiger partial charge in [-0.1, -0.05) is 0 Å². The zero-order valence-corrected chi connectivity index (χ0v) is 19.3. The zero-order chi connectivity index (χ0) is 21.7. The van der Waals surface area contributed by atoms with Crippen molar-refractivity contribution in [3.63, 3.8) is 0 Å². The van der Waals surface area contributed by atoms with Gasteiger partial charge >= 0.3 is 0 Å². The molecule has 10 heteroatoms. The van der Waals surface area contributed by atoms with Gasteiger partial charge in [-0.25, -0.2) is 4.98 Å². The zero-order valence-electron chi connectivity index (χ0n) is 18.5. The number of nitrogens with zero attached hydrogens (tertiary/aromatic N) is 5. The van der Waals surface area contributed by atoms with Crippen molar-refractivity contribution in [2.45, 2.75) is 51.4 Å². The van der Waals surface area contributed by atoms with Crippen LogP contribution in [0.25, 0.3) is 20.4 Å². The van der Waals surface area contributed by atoms with Gasteiger partial charge < -0.3 is 24.4 Å². The highest BCUT2D eigenvalue weighted by Crippen LogP contribution is 2.43. The summed E-state index contributed by atoms with van der Waals surface area (Å²) in [5.74, 6) is 1.79. The van der Waals surface area contributed by atoms with Crippen molar-refractivity contribution in [1.29, 1.82) is 0 Å². The van der Waals surface area contributed by atoms with Crippen molar-refractivity contribution in [3.05, 3.63) is 11.1 Å². The molecule has 2 saturated heterocycles. The summed E-state index contributed by atoms with van der Waals surface area (Å²) in [5, 5.41) is 17.4. The van der Waals surface area contributed by atoms with Crippen LogP contribution in [0.2, 0.25) is 0 Å². The van der Waals surface area contributed by atoms with Crippen molar-refractivity contribution in [3.8, 4) is 0 Å². The molecule has 3 aliphatic rings. The van der Waals surface area contributed by atoms with Crippen LogP contribution in [0.4, 0.5) is 11.6 Å². The molecule has 3 aromatic rings. The van der Waals surface area contributed by atoms with E-state index in [1.165, 1.54) is 11.1 Å². The molecule has 0 saturated carbocycles. The van der Waals surface area contributed by atoms with E-state index in [2.05, 4.69) is 39.5 Å². The SMILES string of the molecule is CC1(C)Cc2c(c(N3CCOCC3)nc3sc4c(NC[C@@H]5CCCO5)nnnc4c23)CO1. The maximum absolute atomic E-state index is 6.21. The second-order valence-corrected chi connectivity index (χ2v) is 10.3. The van der Waals surface area contributed by atoms with Crippen molar-refractivity contribution in [2.75, 3.05) is 49.7 Å². The molecule has 0 amide bonds. The molecule has 2 fully saturated rings. The van der Waals surface area contributed by atoms with Crippen LogP contribution in [0.15, 0.2) is 0 Å². The van der Waals surface area contributed by atoms with Crippen LogP contribution in [0.1, 0.15) is 37.8 Å². The Morgan fingerprint density at radius 3 is 2.84 bits per heavy atom. The molecular formula is C22H28N6O3S. The minimum absolute atomic E-state index is 0.228. The quantitative estimate of drug-likeness (QED) is 0.636. The fourth-order valence-corrected chi connectivity index (χ4v) is 5.98. The molecule has 0 radical (unpaired) electrons. The lowest BCUT2D eigenvalue weighted by molar-refractivity contribution is -0.0396. The number of fused-ring (bicyclic) bond motifs is 5. The molecule has 3 aromatic heterocycles. The van der Waals surface area contributed by atoms with E-state index in [1.807, 2.05) is 0 Å². The molecule has 0 unspecified atom stereocenters. The van der Waals surface area contributed by atoms with Crippen LogP contribution < -0.4 is 10.2 Å². The number of rotatable bonds is 4. The highest BCUT2D eigenvalue weighted by molar-refractivity contribution is 7.26. The molecular weight excluding hydrogens is 428 g/mol. The maximum atomic E-state index is 6.21. The number of nitrogens with one attached hydrogen (secondary N) is 1. The maximum Gasteiger partial charge on any atom is 0.170 e. The van der Waals surface area contributed by atoms with Gasteiger partial charge in [0.1, 0.15) is 20.9 Å². The van der Waals surface area contributed by atoms with Gasteiger partial charge in [0.2, 0.25) is 0 Å². The summed E-state index contributed by atoms with van der Waals surface area (Å²) >= 11 is 1.64. The van der Waals surface area contributed by atoms with E-state index in [9.17, 15) is 0 Å². The number of anilines is 2. The van der Waals surface area contributed by atoms with Crippen molar-refractivity contribution >= 4 is 43.4 Å². The second kappa shape index (κ2) is 8.02. The predicted octanol–water partition coefficient (Wildman–Crippen LogP) is 2.91. The van der Waals surface area contributed by atoms with E-state index in [-0.39, 0.29) is 11.7 Å². The fourth-order valence-electron chi connectivity index (χ4n) is 4.88. The summed E-state index contributed by atoms with van der Waals surface area (Å²) in [6.07, 6.45) is 3.23. The van der Waals surface area contributed by atoms with Crippen LogP contribution in [0.5, 0.6) is 0 Å². The molecule has 6 rings (SSSR count). The summed E-state index contributed by atoms with van der Waals surface area (Å²) in [6, 6.07) is 0. The lowest BCUT2D eigenvalue weighted by Gasteiger charge is -2.36. The average Bonchev–Trinajstić information content (AvgIpc) is 3.45. The van der Waals surface area contributed by atoms with Crippen molar-refractivity contribution < 1.29 is 14.2 Å². The summed E-state index contributed by atoms with van der Waals surface area (Å²) in [6.45, 7) is 9.54. The molecule has 0 spiro atoms. The first-order valence-electron chi connectivity index (χ1n) is 11.4. The lowest BCUT2D eigenvalue weighted by Crippen LogP contribution is -2.39. The molecule has 9 nitrogen and oxygen atoms in total. The van der Waals surface area contributed by atoms with Gasteiger partial charge in [0, 0.05) is 43.6 Å². The first-order chi connectivity index (χ1) is 15.6. The average molecular weight is 457 g/mol. The Kier molecular flexibility index (Phi) is 5.13. The number of pyridine rings is 1. The molecule has 0 aliphatic carbocycles. The summed E-state index contributed by atoms with van der Waals surface area (Å²) < 4.78 is 18.6. The van der Waals surface area contributed by atoms with Gasteiger partial charge in [-0.05, 0) is 37.5 Å². The largest absolute Gasteiger partial charge is 0.378 e. The minimum atomic E-state index is -0.237. The summed E-state index contributed by atoms with van der Waals surface area (Å²) in [4.78, 5) is 8.45. The van der Waals surface area contributed by atoms with E-state index in [4.69, 9.17) is 19.2 Å². The Labute approximate surface area is 190 Å². The Hall–Kier alpha value is -2.14. The molecule has 1 N–H and O–H groups in total. The number of morpholine rings is 1. The van der Waals surface area contributed by atoms with Crippen molar-refractivity contribution in [2.24, 2.45) is 0 Å². The molecule has 3 aliphatic heterocycles. The van der Waals surface area contributed by atoms with Gasteiger partial charge in [-0.2, -0.15) is 0 Å². The third-order valence-electron chi connectivity index (χ3n) is 6.55. The normalized spacial score (nSPS) is 23.1. The van der Waals surface area contributed by atoms with Crippen LogP contribution in [-0.4, -0.2) is 71.6 Å². The summed E-state index contributed by atoms with van der Waals surface area (Å²) in [5.41, 5.74) is 3.10. The second-order valence-electron chi connectivity index (χ2n) is 9.33. The lowest BCUT2D eigenvalue weighted by atomic mass is 9.90. The minimum Gasteiger partial charge on any atom is -0.378 e. The number of aromatic nitrogens is 4. The number of hydrogen-bond acceptors (Lipinski definition) is 10. The first-order valence-corrected chi connectivity index (χ1v) is 12.2. The first kappa shape index (κ1) is 20.5. The van der Waals surface area contributed by atoms with Gasteiger partial charge in [0.15, 0.2) is 5.82 Å². The molecule has 6 heterocycles. The molecule has 32 heavy (non-hydrogen) atoms. The standard InChI is InChI=1S/C22H28N6O3S/c1-22(2)10-14-15(12-31-22)20(28-5-8-29-9-6-28)24-21-16(14)17-18(32-21)19(26-27-25-17)23-11-13-4-3-7-30-13/h13H,3-12H2,1-2H3,(H,23,25,26)/t13-/m0/s1. The van der Waals surface area contributed by atoms with E-state index >= 15 is 0 Å². The topological polar surface area (TPSA) is 94.5 Å². The van der Waals surface area contributed by atoms with Gasteiger partial charge in [0.05, 0.1) is 31.5 Å². The monoisotopic (exact) mass is 456 g/mol. The number of hydrogen-bond donors (Lipinski definition) is 1. The Morgan fingerprint density at radius 2 is 2.03 bits per heavy atom. The van der Waals surface area contributed by atoms with E-state index in [0.29, 0.717) is 6.61 Å². The van der Waals surface area contributed by atoms with Gasteiger partial charge in [-0.15, -0.1) is 21.5 Å². The van der Waals surface area contributed by atoms with Crippen LogP contribution in [0.3, 0.4) is 0 Å². The third kappa shape index (κ3) is 3.59. The van der Waals surface area contributed by atoms with E-state index in [1.54, 1.807) is 11.3 Å². The fraction of sp³-hybridized carbons (Fsp3) is 0.636. The number of thiophene rings is 1. The van der Waals surface area contributed by atoms with Crippen LogP contribution in [-0.2, 0) is 27.2 Å². The van der Waals surface area contributed by atoms with E-state index in [0.717, 1.165) is 90.8 Å². The summed E-state index contributed by atoms with van der Waals surface area (Å²) in [7, 11) is 0. The predicted molar refractivity (Wildman–Crippen MR) is 124 cm³/mol. The Morgan fingerprint density at radius 1 is 1.16 bits per heavy atom. The Balaban J connectivity index is 1.49. The number of ether oxygens (including phenoxy) is 3. The highest BCUT2D eigenvalue weighted by Gasteiger charge is 2.33.